The molecule has 1 fully saturated rings. The summed E-state index contributed by atoms with van der Waals surface area (Å²) in [6, 6.07) is -0.542. The van der Waals surface area contributed by atoms with Crippen LogP contribution in [0.2, 0.25) is 0 Å². The molecule has 0 aromatic heterocycles. The molecule has 4 nitrogen and oxygen atoms in total. The fourth-order valence-corrected chi connectivity index (χ4v) is 0.905. The molecule has 0 radical (unpaired) electrons. The average molecular weight is 173 g/mol. The van der Waals surface area contributed by atoms with E-state index in [4.69, 9.17) is 10.2 Å². The van der Waals surface area contributed by atoms with Gasteiger partial charge in [0.1, 0.15) is 6.04 Å². The van der Waals surface area contributed by atoms with Gasteiger partial charge in [0.2, 0.25) is 0 Å². The summed E-state index contributed by atoms with van der Waals surface area (Å²) in [5.41, 5.74) is 0. The van der Waals surface area contributed by atoms with Crippen LogP contribution in [0, 0.1) is 0 Å². The summed E-state index contributed by atoms with van der Waals surface area (Å²) in [6.07, 6.45) is -0.152. The van der Waals surface area contributed by atoms with E-state index in [1.165, 1.54) is 0 Å². The van der Waals surface area contributed by atoms with Crippen LogP contribution in [0.5, 0.6) is 0 Å². The van der Waals surface area contributed by atoms with Gasteiger partial charge in [-0.1, -0.05) is 0 Å². The van der Waals surface area contributed by atoms with Crippen molar-refractivity contribution in [2.45, 2.75) is 18.6 Å². The van der Waals surface area contributed by atoms with Crippen molar-refractivity contribution in [3.8, 4) is 0 Å². The van der Waals surface area contributed by atoms with Crippen LogP contribution in [-0.2, 0) is 4.79 Å². The molecule has 1 rings (SSSR count). The maximum absolute atomic E-state index is 10.2. The van der Waals surface area contributed by atoms with Crippen molar-refractivity contribution in [1.29, 1.82) is 0 Å². The fourth-order valence-electron chi connectivity index (χ4n) is 0.905. The van der Waals surface area contributed by atoms with E-state index in [0.29, 0.717) is 13.0 Å². The van der Waals surface area contributed by atoms with Gasteiger partial charge in [0.15, 0.2) is 0 Å². The molecule has 3 N–H and O–H groups in total. The molecule has 1 aliphatic heterocycles. The summed E-state index contributed by atoms with van der Waals surface area (Å²) < 4.78 is 0. The van der Waals surface area contributed by atoms with Gasteiger partial charge in [-0.15, -0.1) is 0 Å². The molecule has 1 aliphatic rings. The molecule has 10 heavy (non-hydrogen) atoms. The number of aliphatic hydroxyl groups is 1. The van der Waals surface area contributed by atoms with E-state index >= 15 is 0 Å². The predicted octanol–water partition coefficient (Wildman–Crippen LogP) is -2.12. The van der Waals surface area contributed by atoms with Crippen LogP contribution in [0.4, 0.5) is 0 Å². The first-order chi connectivity index (χ1) is 4.20. The zero-order chi connectivity index (χ0) is 6.85. The standard InChI is InChI=1S/C5H9NO3.Ca.2H/c7-3-1-4(5(8)9)6-2-3;;;/h3-4,6-7H,1-2H2,(H,8,9);;;. The molecule has 0 aromatic rings. The van der Waals surface area contributed by atoms with Crippen LogP contribution in [0.25, 0.3) is 0 Å². The van der Waals surface area contributed by atoms with Gasteiger partial charge >= 0.3 is 43.7 Å². The van der Waals surface area contributed by atoms with Crippen molar-refractivity contribution in [2.24, 2.45) is 0 Å². The topological polar surface area (TPSA) is 69.6 Å². The molecule has 5 heteroatoms. The Kier molecular flexibility index (Phi) is 4.81. The molecule has 0 spiro atoms. The van der Waals surface area contributed by atoms with E-state index in [9.17, 15) is 4.79 Å². The van der Waals surface area contributed by atoms with E-state index in [-0.39, 0.29) is 37.7 Å². The summed E-state index contributed by atoms with van der Waals surface area (Å²) in [5, 5.41) is 19.8. The Morgan fingerprint density at radius 3 is 2.40 bits per heavy atom. The average Bonchev–Trinajstić information content (AvgIpc) is 2.14. The van der Waals surface area contributed by atoms with E-state index in [1.807, 2.05) is 0 Å². The Bertz CT molecular complexity index is 130. The Labute approximate surface area is 88.6 Å². The molecule has 2 unspecified atom stereocenters. The summed E-state index contributed by atoms with van der Waals surface area (Å²) in [7, 11) is 0. The van der Waals surface area contributed by atoms with Crippen molar-refractivity contribution >= 4 is 43.7 Å². The van der Waals surface area contributed by atoms with Crippen molar-refractivity contribution in [3.63, 3.8) is 0 Å². The second-order valence-corrected chi connectivity index (χ2v) is 2.19. The van der Waals surface area contributed by atoms with Crippen LogP contribution >= 0.6 is 0 Å². The number of aliphatic hydroxyl groups excluding tert-OH is 1. The number of carbonyl (C=O) groups is 1. The molecule has 56 valence electrons. The molecule has 1 heterocycles. The summed E-state index contributed by atoms with van der Waals surface area (Å²) in [4.78, 5) is 10.2. The fraction of sp³-hybridized carbons (Fsp3) is 0.800. The van der Waals surface area contributed by atoms with Crippen LogP contribution in [0.15, 0.2) is 0 Å². The second-order valence-electron chi connectivity index (χ2n) is 2.19. The van der Waals surface area contributed by atoms with Gasteiger partial charge in [0.05, 0.1) is 6.10 Å². The van der Waals surface area contributed by atoms with Gasteiger partial charge in [-0.05, 0) is 0 Å². The Hall–Kier alpha value is 0.650. The Balaban J connectivity index is 0.000000810. The molecular formula is C5H11CaNO3. The predicted molar refractivity (Wildman–Crippen MR) is 38.6 cm³/mol. The van der Waals surface area contributed by atoms with Gasteiger partial charge < -0.3 is 15.5 Å². The zero-order valence-corrected chi connectivity index (χ0v) is 4.87. The third-order valence-corrected chi connectivity index (χ3v) is 1.41. The summed E-state index contributed by atoms with van der Waals surface area (Å²) in [6.45, 7) is 0.400. The van der Waals surface area contributed by atoms with Gasteiger partial charge in [-0.3, -0.25) is 4.79 Å². The maximum atomic E-state index is 10.2. The quantitative estimate of drug-likeness (QED) is 0.396. The SMILES string of the molecule is O=C(O)C1CC(O)CN1.[CaH2]. The normalized spacial score (nSPS) is 31.3. The number of hydrogen-bond acceptors (Lipinski definition) is 3. The van der Waals surface area contributed by atoms with E-state index in [1.54, 1.807) is 0 Å². The first-order valence-corrected chi connectivity index (χ1v) is 2.84. The summed E-state index contributed by atoms with van der Waals surface area (Å²) >= 11 is 0. The number of rotatable bonds is 1. The molecule has 0 aromatic carbocycles. The van der Waals surface area contributed by atoms with E-state index in [0.717, 1.165) is 0 Å². The summed E-state index contributed by atoms with van der Waals surface area (Å²) in [5.74, 6) is -0.883. The molecule has 0 amide bonds. The van der Waals surface area contributed by atoms with Crippen molar-refractivity contribution in [2.75, 3.05) is 6.54 Å². The molecule has 1 saturated heterocycles. The van der Waals surface area contributed by atoms with Crippen molar-refractivity contribution in [3.05, 3.63) is 0 Å². The third-order valence-electron chi connectivity index (χ3n) is 1.41. The minimum atomic E-state index is -0.883. The van der Waals surface area contributed by atoms with Gasteiger partial charge in [0, 0.05) is 13.0 Å². The second kappa shape index (κ2) is 4.51. The number of carboxylic acid groups (broad SMARTS) is 1. The molecule has 0 bridgehead atoms. The number of hydrogen-bond donors (Lipinski definition) is 3. The Morgan fingerprint density at radius 1 is 1.60 bits per heavy atom. The monoisotopic (exact) mass is 173 g/mol. The first-order valence-electron chi connectivity index (χ1n) is 2.84. The molecular weight excluding hydrogens is 162 g/mol. The van der Waals surface area contributed by atoms with Crippen LogP contribution < -0.4 is 5.32 Å². The Morgan fingerprint density at radius 2 is 2.20 bits per heavy atom. The van der Waals surface area contributed by atoms with Gasteiger partial charge in [0.25, 0.3) is 0 Å². The first kappa shape index (κ1) is 10.6. The molecule has 2 atom stereocenters. The van der Waals surface area contributed by atoms with Crippen LogP contribution in [0.1, 0.15) is 6.42 Å². The number of carboxylic acids is 1. The number of aliphatic carboxylic acids is 1. The van der Waals surface area contributed by atoms with E-state index < -0.39 is 18.1 Å². The van der Waals surface area contributed by atoms with Crippen LogP contribution in [0.3, 0.4) is 0 Å². The molecule has 0 aliphatic carbocycles. The van der Waals surface area contributed by atoms with Crippen LogP contribution in [-0.4, -0.2) is 72.6 Å². The number of nitrogens with one attached hydrogen (secondary N) is 1. The third kappa shape index (κ3) is 2.72. The number of β-amino-alcohol motifs (C(OH)–C–C–N with tert-alkyl or cyclic N) is 1. The van der Waals surface area contributed by atoms with Gasteiger partial charge in [-0.2, -0.15) is 0 Å². The van der Waals surface area contributed by atoms with Gasteiger partial charge in [-0.25, -0.2) is 0 Å². The zero-order valence-electron chi connectivity index (χ0n) is 4.87. The molecule has 0 saturated carbocycles. The van der Waals surface area contributed by atoms with Crippen molar-refractivity contribution in [1.82, 2.24) is 5.32 Å². The minimum absolute atomic E-state index is 0. The van der Waals surface area contributed by atoms with Crippen molar-refractivity contribution < 1.29 is 15.0 Å². The van der Waals surface area contributed by atoms with E-state index in [2.05, 4.69) is 5.32 Å².